The second kappa shape index (κ2) is 9.24. The highest BCUT2D eigenvalue weighted by molar-refractivity contribution is 8.03. The highest BCUT2D eigenvalue weighted by atomic mass is 32.2. The Hall–Kier alpha value is -3.64. The maximum absolute atomic E-state index is 13.5. The normalized spacial score (nSPS) is 13.6. The van der Waals surface area contributed by atoms with E-state index in [0.717, 1.165) is 11.1 Å². The van der Waals surface area contributed by atoms with E-state index in [4.69, 9.17) is 0 Å². The lowest BCUT2D eigenvalue weighted by Crippen LogP contribution is -2.31. The molecule has 0 fully saturated rings. The number of rotatable bonds is 6. The number of benzene rings is 3. The van der Waals surface area contributed by atoms with Gasteiger partial charge in [0.1, 0.15) is 0 Å². The van der Waals surface area contributed by atoms with Gasteiger partial charge in [0.05, 0.1) is 16.2 Å². The molecule has 1 aliphatic heterocycles. The SMILES string of the molecule is CC(=O)Nc1ccc(C2=C(SCc3ccccc3)C(=O)N(c3cccc(C)c3)C2=O)cc1. The number of anilines is 2. The molecule has 160 valence electrons. The molecule has 0 saturated heterocycles. The van der Waals surface area contributed by atoms with Crippen LogP contribution in [0.4, 0.5) is 11.4 Å². The molecule has 1 heterocycles. The fourth-order valence-corrected chi connectivity index (χ4v) is 4.62. The number of hydrogen-bond donors (Lipinski definition) is 1. The second-order valence-corrected chi connectivity index (χ2v) is 8.51. The van der Waals surface area contributed by atoms with Crippen molar-refractivity contribution in [2.24, 2.45) is 0 Å². The summed E-state index contributed by atoms with van der Waals surface area (Å²) in [6, 6.07) is 24.2. The molecule has 0 spiro atoms. The van der Waals surface area contributed by atoms with Gasteiger partial charge in [-0.15, -0.1) is 11.8 Å². The summed E-state index contributed by atoms with van der Waals surface area (Å²) in [5.74, 6) is -0.260. The predicted octanol–water partition coefficient (Wildman–Crippen LogP) is 5.17. The van der Waals surface area contributed by atoms with Crippen molar-refractivity contribution < 1.29 is 14.4 Å². The van der Waals surface area contributed by atoms with Gasteiger partial charge in [-0.1, -0.05) is 54.6 Å². The van der Waals surface area contributed by atoms with Crippen molar-refractivity contribution in [2.75, 3.05) is 10.2 Å². The molecule has 6 heteroatoms. The van der Waals surface area contributed by atoms with Crippen molar-refractivity contribution in [3.8, 4) is 0 Å². The lowest BCUT2D eigenvalue weighted by atomic mass is 10.1. The zero-order valence-electron chi connectivity index (χ0n) is 17.8. The summed E-state index contributed by atoms with van der Waals surface area (Å²) in [5.41, 5.74) is 4.25. The van der Waals surface area contributed by atoms with Crippen LogP contribution in [0.5, 0.6) is 0 Å². The van der Waals surface area contributed by atoms with E-state index in [0.29, 0.717) is 33.2 Å². The first-order valence-corrected chi connectivity index (χ1v) is 11.2. The molecule has 0 unspecified atom stereocenters. The standard InChI is InChI=1S/C26H22N2O3S/c1-17-7-6-10-22(15-17)28-25(30)23(20-11-13-21(14-12-20)27-18(2)29)24(26(28)31)32-16-19-8-4-3-5-9-19/h3-15H,16H2,1-2H3,(H,27,29). The number of nitrogens with zero attached hydrogens (tertiary/aromatic N) is 1. The van der Waals surface area contributed by atoms with E-state index in [1.54, 1.807) is 30.3 Å². The van der Waals surface area contributed by atoms with Gasteiger partial charge in [0, 0.05) is 18.4 Å². The van der Waals surface area contributed by atoms with Gasteiger partial charge in [0.25, 0.3) is 11.8 Å². The molecule has 0 bridgehead atoms. The fourth-order valence-electron chi connectivity index (χ4n) is 3.55. The minimum atomic E-state index is -0.344. The largest absolute Gasteiger partial charge is 0.326 e. The third kappa shape index (κ3) is 4.50. The van der Waals surface area contributed by atoms with Crippen molar-refractivity contribution in [1.82, 2.24) is 0 Å². The van der Waals surface area contributed by atoms with Crippen LogP contribution in [0.2, 0.25) is 0 Å². The van der Waals surface area contributed by atoms with Crippen LogP contribution in [0, 0.1) is 6.92 Å². The summed E-state index contributed by atoms with van der Waals surface area (Å²) in [6.45, 7) is 3.36. The Balaban J connectivity index is 1.72. The van der Waals surface area contributed by atoms with E-state index >= 15 is 0 Å². The summed E-state index contributed by atoms with van der Waals surface area (Å²) < 4.78 is 0. The van der Waals surface area contributed by atoms with E-state index < -0.39 is 0 Å². The Bertz CT molecular complexity index is 1220. The van der Waals surface area contributed by atoms with Crippen LogP contribution >= 0.6 is 11.8 Å². The van der Waals surface area contributed by atoms with Crippen molar-refractivity contribution in [3.63, 3.8) is 0 Å². The van der Waals surface area contributed by atoms with Crippen LogP contribution in [0.15, 0.2) is 83.8 Å². The van der Waals surface area contributed by atoms with E-state index in [1.165, 1.54) is 23.6 Å². The molecule has 1 N–H and O–H groups in total. The molecule has 5 nitrogen and oxygen atoms in total. The van der Waals surface area contributed by atoms with Crippen LogP contribution in [-0.2, 0) is 20.1 Å². The second-order valence-electron chi connectivity index (χ2n) is 7.52. The topological polar surface area (TPSA) is 66.5 Å². The van der Waals surface area contributed by atoms with Gasteiger partial charge in [-0.3, -0.25) is 14.4 Å². The van der Waals surface area contributed by atoms with Gasteiger partial charge in [-0.25, -0.2) is 4.90 Å². The Morgan fingerprint density at radius 2 is 1.62 bits per heavy atom. The van der Waals surface area contributed by atoms with Crippen molar-refractivity contribution in [1.29, 1.82) is 0 Å². The molecule has 3 aromatic carbocycles. The zero-order chi connectivity index (χ0) is 22.7. The molecule has 1 aliphatic rings. The van der Waals surface area contributed by atoms with Crippen LogP contribution in [-0.4, -0.2) is 17.7 Å². The minimum absolute atomic E-state index is 0.172. The number of carbonyl (C=O) groups is 3. The Morgan fingerprint density at radius 1 is 0.906 bits per heavy atom. The van der Waals surface area contributed by atoms with E-state index in [-0.39, 0.29) is 17.7 Å². The summed E-state index contributed by atoms with van der Waals surface area (Å²) >= 11 is 1.37. The van der Waals surface area contributed by atoms with Gasteiger partial charge in [0.15, 0.2) is 0 Å². The maximum Gasteiger partial charge on any atom is 0.272 e. The first kappa shape index (κ1) is 21.6. The molecule has 0 radical (unpaired) electrons. The highest BCUT2D eigenvalue weighted by Gasteiger charge is 2.40. The molecular formula is C26H22N2O3S. The number of aryl methyl sites for hydroxylation is 1. The number of hydrogen-bond acceptors (Lipinski definition) is 4. The summed E-state index contributed by atoms with van der Waals surface area (Å²) in [6.07, 6.45) is 0. The quantitative estimate of drug-likeness (QED) is 0.535. The lowest BCUT2D eigenvalue weighted by Gasteiger charge is -2.15. The lowest BCUT2D eigenvalue weighted by molar-refractivity contribution is -0.120. The van der Waals surface area contributed by atoms with Crippen LogP contribution in [0.25, 0.3) is 5.57 Å². The van der Waals surface area contributed by atoms with Crippen molar-refractivity contribution >= 4 is 46.4 Å². The van der Waals surface area contributed by atoms with E-state index in [1.807, 2.05) is 55.5 Å². The van der Waals surface area contributed by atoms with E-state index in [2.05, 4.69) is 5.32 Å². The first-order chi connectivity index (χ1) is 15.4. The fraction of sp³-hybridized carbons (Fsp3) is 0.115. The predicted molar refractivity (Wildman–Crippen MR) is 129 cm³/mol. The van der Waals surface area contributed by atoms with Gasteiger partial charge >= 0.3 is 0 Å². The Morgan fingerprint density at radius 3 is 2.28 bits per heavy atom. The minimum Gasteiger partial charge on any atom is -0.326 e. The zero-order valence-corrected chi connectivity index (χ0v) is 18.6. The number of amides is 3. The smallest absolute Gasteiger partial charge is 0.272 e. The Labute approximate surface area is 191 Å². The van der Waals surface area contributed by atoms with Gasteiger partial charge < -0.3 is 5.32 Å². The monoisotopic (exact) mass is 442 g/mol. The van der Waals surface area contributed by atoms with E-state index in [9.17, 15) is 14.4 Å². The van der Waals surface area contributed by atoms with Crippen molar-refractivity contribution in [3.05, 3.63) is 100 Å². The average Bonchev–Trinajstić information content (AvgIpc) is 3.02. The maximum atomic E-state index is 13.5. The van der Waals surface area contributed by atoms with Crippen LogP contribution in [0.3, 0.4) is 0 Å². The third-order valence-electron chi connectivity index (χ3n) is 5.02. The number of nitrogens with one attached hydrogen (secondary N) is 1. The molecular weight excluding hydrogens is 420 g/mol. The molecule has 0 atom stereocenters. The van der Waals surface area contributed by atoms with Gasteiger partial charge in [-0.05, 0) is 47.9 Å². The third-order valence-corrected chi connectivity index (χ3v) is 6.17. The van der Waals surface area contributed by atoms with Gasteiger partial charge in [0.2, 0.25) is 5.91 Å². The molecule has 32 heavy (non-hydrogen) atoms. The van der Waals surface area contributed by atoms with Crippen molar-refractivity contribution in [2.45, 2.75) is 19.6 Å². The average molecular weight is 443 g/mol. The molecule has 4 rings (SSSR count). The van der Waals surface area contributed by atoms with Gasteiger partial charge in [-0.2, -0.15) is 0 Å². The summed E-state index contributed by atoms with van der Waals surface area (Å²) in [7, 11) is 0. The summed E-state index contributed by atoms with van der Waals surface area (Å²) in [5, 5.41) is 2.72. The number of thioether (sulfide) groups is 1. The summed E-state index contributed by atoms with van der Waals surface area (Å²) in [4.78, 5) is 39.9. The Kier molecular flexibility index (Phi) is 6.23. The number of carbonyl (C=O) groups excluding carboxylic acids is 3. The highest BCUT2D eigenvalue weighted by Crippen LogP contribution is 2.40. The molecule has 0 aromatic heterocycles. The molecule has 3 aromatic rings. The number of imide groups is 1. The first-order valence-electron chi connectivity index (χ1n) is 10.2. The van der Waals surface area contributed by atoms with Crippen LogP contribution < -0.4 is 10.2 Å². The molecule has 0 saturated carbocycles. The van der Waals surface area contributed by atoms with Crippen LogP contribution in [0.1, 0.15) is 23.6 Å². The molecule has 3 amide bonds. The molecule has 0 aliphatic carbocycles.